The van der Waals surface area contributed by atoms with E-state index >= 15 is 0 Å². The molecule has 2 atom stereocenters. The third-order valence-electron chi connectivity index (χ3n) is 3.77. The van der Waals surface area contributed by atoms with Gasteiger partial charge in [0.1, 0.15) is 0 Å². The molecule has 0 spiro atoms. The summed E-state index contributed by atoms with van der Waals surface area (Å²) in [6.45, 7) is 9.20. The molecule has 6 heteroatoms. The lowest BCUT2D eigenvalue weighted by molar-refractivity contribution is -0.126. The van der Waals surface area contributed by atoms with Crippen LogP contribution >= 0.6 is 0 Å². The van der Waals surface area contributed by atoms with Crippen LogP contribution in [-0.4, -0.2) is 49.6 Å². The number of rotatable bonds is 6. The van der Waals surface area contributed by atoms with Gasteiger partial charge in [0.05, 0.1) is 5.92 Å². The Hall–Kier alpha value is -1.30. The molecule has 1 aliphatic heterocycles. The highest BCUT2D eigenvalue weighted by Crippen LogP contribution is 2.16. The molecule has 2 unspecified atom stereocenters. The summed E-state index contributed by atoms with van der Waals surface area (Å²) in [4.78, 5) is 25.9. The first-order valence-electron chi connectivity index (χ1n) is 7.94. The Morgan fingerprint density at radius 3 is 2.57 bits per heavy atom. The first-order chi connectivity index (χ1) is 9.93. The molecule has 4 N–H and O–H groups in total. The van der Waals surface area contributed by atoms with Crippen LogP contribution in [0, 0.1) is 17.8 Å². The van der Waals surface area contributed by atoms with Crippen LogP contribution in [0.25, 0.3) is 0 Å². The van der Waals surface area contributed by atoms with Crippen LogP contribution in [0.4, 0.5) is 4.79 Å². The van der Waals surface area contributed by atoms with E-state index in [9.17, 15) is 9.59 Å². The summed E-state index contributed by atoms with van der Waals surface area (Å²) < 4.78 is 0. The van der Waals surface area contributed by atoms with Gasteiger partial charge in [0.15, 0.2) is 0 Å². The summed E-state index contributed by atoms with van der Waals surface area (Å²) in [5.41, 5.74) is 5.54. The van der Waals surface area contributed by atoms with Crippen molar-refractivity contribution in [2.75, 3.05) is 32.7 Å². The molecule has 0 aromatic rings. The van der Waals surface area contributed by atoms with E-state index in [2.05, 4.69) is 24.5 Å². The van der Waals surface area contributed by atoms with Crippen molar-refractivity contribution in [3.05, 3.63) is 0 Å². The number of urea groups is 1. The standard InChI is InChI=1S/C15H30N4O2/c1-11(2)8-18-15(21)19-6-4-5-13(10-19)14(20)17-9-12(3)7-16/h11-13H,4-10,16H2,1-3H3,(H,17,20)(H,18,21). The number of likely N-dealkylation sites (tertiary alicyclic amines) is 1. The molecule has 21 heavy (non-hydrogen) atoms. The van der Waals surface area contributed by atoms with Gasteiger partial charge in [0.2, 0.25) is 5.91 Å². The number of hydrogen-bond donors (Lipinski definition) is 3. The fraction of sp³-hybridized carbons (Fsp3) is 0.867. The monoisotopic (exact) mass is 298 g/mol. The van der Waals surface area contributed by atoms with Crippen molar-refractivity contribution in [1.82, 2.24) is 15.5 Å². The smallest absolute Gasteiger partial charge is 0.317 e. The van der Waals surface area contributed by atoms with E-state index in [0.717, 1.165) is 19.4 Å². The third kappa shape index (κ3) is 6.33. The highest BCUT2D eigenvalue weighted by Gasteiger charge is 2.28. The molecule has 1 aliphatic rings. The van der Waals surface area contributed by atoms with Gasteiger partial charge in [0, 0.05) is 26.2 Å². The van der Waals surface area contributed by atoms with E-state index in [0.29, 0.717) is 32.1 Å². The summed E-state index contributed by atoms with van der Waals surface area (Å²) in [6, 6.07) is -0.0588. The fourth-order valence-electron chi connectivity index (χ4n) is 2.28. The second kappa shape index (κ2) is 8.87. The Morgan fingerprint density at radius 2 is 1.95 bits per heavy atom. The van der Waals surface area contributed by atoms with Gasteiger partial charge in [-0.15, -0.1) is 0 Å². The first-order valence-corrected chi connectivity index (χ1v) is 7.94. The minimum atomic E-state index is -0.103. The number of nitrogens with zero attached hydrogens (tertiary/aromatic N) is 1. The largest absolute Gasteiger partial charge is 0.355 e. The zero-order valence-corrected chi connectivity index (χ0v) is 13.5. The number of carbonyl (C=O) groups is 2. The van der Waals surface area contributed by atoms with Gasteiger partial charge in [-0.25, -0.2) is 4.79 Å². The minimum Gasteiger partial charge on any atom is -0.355 e. The molecule has 1 saturated heterocycles. The van der Waals surface area contributed by atoms with Crippen LogP contribution in [0.5, 0.6) is 0 Å². The number of nitrogens with one attached hydrogen (secondary N) is 2. The van der Waals surface area contributed by atoms with Gasteiger partial charge in [-0.2, -0.15) is 0 Å². The van der Waals surface area contributed by atoms with Gasteiger partial charge >= 0.3 is 6.03 Å². The molecule has 1 heterocycles. The van der Waals surface area contributed by atoms with E-state index in [4.69, 9.17) is 5.73 Å². The molecule has 0 bridgehead atoms. The van der Waals surface area contributed by atoms with E-state index in [-0.39, 0.29) is 23.8 Å². The SMILES string of the molecule is CC(C)CNC(=O)N1CCCC(C(=O)NCC(C)CN)C1. The third-order valence-corrected chi connectivity index (χ3v) is 3.77. The molecule has 3 amide bonds. The molecule has 0 aliphatic carbocycles. The summed E-state index contributed by atoms with van der Waals surface area (Å²) in [5, 5.41) is 5.84. The van der Waals surface area contributed by atoms with E-state index in [1.807, 2.05) is 6.92 Å². The average Bonchev–Trinajstić information content (AvgIpc) is 2.49. The zero-order valence-electron chi connectivity index (χ0n) is 13.5. The van der Waals surface area contributed by atoms with E-state index in [1.54, 1.807) is 4.90 Å². The molecule has 0 aromatic carbocycles. The topological polar surface area (TPSA) is 87.5 Å². The van der Waals surface area contributed by atoms with Gasteiger partial charge in [0.25, 0.3) is 0 Å². The highest BCUT2D eigenvalue weighted by atomic mass is 16.2. The second-order valence-corrected chi connectivity index (χ2v) is 6.45. The normalized spacial score (nSPS) is 20.2. The van der Waals surface area contributed by atoms with Crippen LogP contribution in [-0.2, 0) is 4.79 Å². The lowest BCUT2D eigenvalue weighted by Gasteiger charge is -2.32. The predicted molar refractivity (Wildman–Crippen MR) is 83.8 cm³/mol. The van der Waals surface area contributed by atoms with Gasteiger partial charge in [-0.1, -0.05) is 20.8 Å². The lowest BCUT2D eigenvalue weighted by Crippen LogP contribution is -2.49. The molecule has 0 saturated carbocycles. The summed E-state index contributed by atoms with van der Waals surface area (Å²) in [6.07, 6.45) is 1.72. The molecule has 122 valence electrons. The maximum Gasteiger partial charge on any atom is 0.317 e. The number of carbonyl (C=O) groups excluding carboxylic acids is 2. The van der Waals surface area contributed by atoms with Crippen molar-refractivity contribution in [3.63, 3.8) is 0 Å². The van der Waals surface area contributed by atoms with Crippen LogP contribution in [0.2, 0.25) is 0 Å². The van der Waals surface area contributed by atoms with E-state index in [1.165, 1.54) is 0 Å². The molecule has 0 aromatic heterocycles. The van der Waals surface area contributed by atoms with Crippen molar-refractivity contribution in [1.29, 1.82) is 0 Å². The van der Waals surface area contributed by atoms with Crippen molar-refractivity contribution in [2.24, 2.45) is 23.5 Å². The summed E-state index contributed by atoms with van der Waals surface area (Å²) in [7, 11) is 0. The van der Waals surface area contributed by atoms with Gasteiger partial charge in [-0.05, 0) is 31.2 Å². The Morgan fingerprint density at radius 1 is 1.24 bits per heavy atom. The van der Waals surface area contributed by atoms with Crippen molar-refractivity contribution < 1.29 is 9.59 Å². The van der Waals surface area contributed by atoms with Gasteiger partial charge < -0.3 is 21.3 Å². The molecule has 1 fully saturated rings. The Balaban J connectivity index is 2.40. The van der Waals surface area contributed by atoms with E-state index < -0.39 is 0 Å². The molecule has 0 radical (unpaired) electrons. The number of hydrogen-bond acceptors (Lipinski definition) is 3. The van der Waals surface area contributed by atoms with Crippen molar-refractivity contribution in [3.8, 4) is 0 Å². The quantitative estimate of drug-likeness (QED) is 0.677. The zero-order chi connectivity index (χ0) is 15.8. The Kier molecular flexibility index (Phi) is 7.50. The maximum absolute atomic E-state index is 12.1. The Labute approximate surface area is 127 Å². The van der Waals surface area contributed by atoms with Crippen molar-refractivity contribution in [2.45, 2.75) is 33.6 Å². The predicted octanol–water partition coefficient (Wildman–Crippen LogP) is 0.775. The summed E-state index contributed by atoms with van der Waals surface area (Å²) in [5.74, 6) is 0.642. The molecule has 1 rings (SSSR count). The first kappa shape index (κ1) is 17.8. The minimum absolute atomic E-state index is 0.0386. The number of amides is 3. The molecule has 6 nitrogen and oxygen atoms in total. The lowest BCUT2D eigenvalue weighted by atomic mass is 9.97. The highest BCUT2D eigenvalue weighted by molar-refractivity contribution is 5.80. The summed E-state index contributed by atoms with van der Waals surface area (Å²) >= 11 is 0. The molecular weight excluding hydrogens is 268 g/mol. The molecular formula is C15H30N4O2. The second-order valence-electron chi connectivity index (χ2n) is 6.45. The fourth-order valence-corrected chi connectivity index (χ4v) is 2.28. The van der Waals surface area contributed by atoms with Crippen molar-refractivity contribution >= 4 is 11.9 Å². The average molecular weight is 298 g/mol. The van der Waals surface area contributed by atoms with Crippen LogP contribution < -0.4 is 16.4 Å². The van der Waals surface area contributed by atoms with Crippen LogP contribution in [0.1, 0.15) is 33.6 Å². The Bertz CT molecular complexity index is 347. The van der Waals surface area contributed by atoms with Crippen LogP contribution in [0.15, 0.2) is 0 Å². The number of nitrogens with two attached hydrogens (primary N) is 1. The number of piperidine rings is 1. The van der Waals surface area contributed by atoms with Crippen LogP contribution in [0.3, 0.4) is 0 Å². The maximum atomic E-state index is 12.1. The van der Waals surface area contributed by atoms with Gasteiger partial charge in [-0.3, -0.25) is 4.79 Å².